The first kappa shape index (κ1) is 20.1. The summed E-state index contributed by atoms with van der Waals surface area (Å²) in [4.78, 5) is 37.7. The highest BCUT2D eigenvalue weighted by molar-refractivity contribution is 5.90. The van der Waals surface area contributed by atoms with E-state index in [1.807, 2.05) is 0 Å². The summed E-state index contributed by atoms with van der Waals surface area (Å²) in [5.74, 6) is 2.15. The molecule has 0 aromatic rings. The van der Waals surface area contributed by atoms with Gasteiger partial charge in [-0.25, -0.2) is 0 Å². The van der Waals surface area contributed by atoms with E-state index >= 15 is 0 Å². The number of carbonyl (C=O) groups is 3. The number of hydrogen-bond donors (Lipinski definition) is 1. The van der Waals surface area contributed by atoms with Crippen LogP contribution in [0.3, 0.4) is 0 Å². The smallest absolute Gasteiger partial charge is 0.303 e. The Hall–Kier alpha value is -1.19. The molecule has 4 aliphatic rings. The van der Waals surface area contributed by atoms with Crippen LogP contribution in [0.5, 0.6) is 0 Å². The maximum absolute atomic E-state index is 13.6. The Bertz CT molecular complexity index is 684. The van der Waals surface area contributed by atoms with Crippen molar-refractivity contribution in [2.24, 2.45) is 46.3 Å². The molecule has 4 rings (SSSR count). The van der Waals surface area contributed by atoms with Gasteiger partial charge in [0.2, 0.25) is 0 Å². The minimum absolute atomic E-state index is 0.187. The molecule has 156 valence electrons. The van der Waals surface area contributed by atoms with E-state index in [1.165, 1.54) is 6.42 Å². The molecule has 4 aliphatic carbocycles. The van der Waals surface area contributed by atoms with Crippen molar-refractivity contribution in [2.75, 3.05) is 0 Å². The summed E-state index contributed by atoms with van der Waals surface area (Å²) in [5, 5.41) is 9.07. The topological polar surface area (TPSA) is 71.4 Å². The first-order valence-electron chi connectivity index (χ1n) is 11.5. The van der Waals surface area contributed by atoms with Gasteiger partial charge in [-0.05, 0) is 80.5 Å². The third kappa shape index (κ3) is 2.73. The Balaban J connectivity index is 1.61. The van der Waals surface area contributed by atoms with Gasteiger partial charge < -0.3 is 5.11 Å². The second-order valence-electron chi connectivity index (χ2n) is 10.8. The van der Waals surface area contributed by atoms with Crippen molar-refractivity contribution in [3.05, 3.63) is 0 Å². The molecule has 0 radical (unpaired) electrons. The predicted molar refractivity (Wildman–Crippen MR) is 107 cm³/mol. The van der Waals surface area contributed by atoms with Crippen molar-refractivity contribution in [3.8, 4) is 0 Å². The lowest BCUT2D eigenvalue weighted by Crippen LogP contribution is -2.59. The van der Waals surface area contributed by atoms with E-state index in [0.29, 0.717) is 48.6 Å². The van der Waals surface area contributed by atoms with Crippen LogP contribution in [0.25, 0.3) is 0 Å². The van der Waals surface area contributed by atoms with Gasteiger partial charge in [-0.15, -0.1) is 0 Å². The lowest BCUT2D eigenvalue weighted by atomic mass is 9.44. The van der Waals surface area contributed by atoms with Crippen LogP contribution in [0.4, 0.5) is 0 Å². The van der Waals surface area contributed by atoms with Crippen molar-refractivity contribution >= 4 is 17.5 Å². The Morgan fingerprint density at radius 1 is 1.04 bits per heavy atom. The molecule has 0 heterocycles. The zero-order valence-corrected chi connectivity index (χ0v) is 17.7. The van der Waals surface area contributed by atoms with Crippen LogP contribution in [0, 0.1) is 46.3 Å². The van der Waals surface area contributed by atoms with Crippen molar-refractivity contribution in [3.63, 3.8) is 0 Å². The minimum atomic E-state index is -0.747. The molecule has 0 aromatic heterocycles. The standard InChI is InChI=1S/C24H36O4/c1-14(7-12-22(27)28)17-10-11-18-16-9-8-15-5-4-6-20(25)23(15,2)19(16)13-21(26)24(17,18)3/h14-19H,4-13H2,1-3H3,(H,27,28)/t14-,15?,16+,17-,18+,19+,23+,24-/m1/s1. The Kier molecular flexibility index (Phi) is 4.99. The number of carboxylic acids is 1. The fourth-order valence-electron chi connectivity index (χ4n) is 8.30. The molecular formula is C24H36O4. The maximum atomic E-state index is 13.6. The van der Waals surface area contributed by atoms with Crippen LogP contribution in [0.2, 0.25) is 0 Å². The average molecular weight is 389 g/mol. The van der Waals surface area contributed by atoms with E-state index in [4.69, 9.17) is 5.11 Å². The van der Waals surface area contributed by atoms with Gasteiger partial charge in [0, 0.05) is 30.1 Å². The molecule has 4 fully saturated rings. The fraction of sp³-hybridized carbons (Fsp3) is 0.875. The van der Waals surface area contributed by atoms with Gasteiger partial charge in [-0.1, -0.05) is 20.8 Å². The Morgan fingerprint density at radius 2 is 1.79 bits per heavy atom. The molecule has 4 heteroatoms. The van der Waals surface area contributed by atoms with Gasteiger partial charge in [0.1, 0.15) is 11.6 Å². The normalized spacial score (nSPS) is 46.5. The molecule has 0 aromatic carbocycles. The molecule has 0 aliphatic heterocycles. The van der Waals surface area contributed by atoms with Gasteiger partial charge >= 0.3 is 5.97 Å². The van der Waals surface area contributed by atoms with Gasteiger partial charge in [0.25, 0.3) is 0 Å². The van der Waals surface area contributed by atoms with E-state index in [-0.39, 0.29) is 35.0 Å². The second-order valence-corrected chi connectivity index (χ2v) is 10.8. The molecule has 4 saturated carbocycles. The zero-order chi connectivity index (χ0) is 20.3. The summed E-state index contributed by atoms with van der Waals surface area (Å²) in [7, 11) is 0. The van der Waals surface area contributed by atoms with Crippen LogP contribution in [-0.2, 0) is 14.4 Å². The number of rotatable bonds is 4. The monoisotopic (exact) mass is 388 g/mol. The number of carboxylic acid groups (broad SMARTS) is 1. The number of hydrogen-bond acceptors (Lipinski definition) is 3. The van der Waals surface area contributed by atoms with E-state index in [1.54, 1.807) is 0 Å². The van der Waals surface area contributed by atoms with E-state index in [0.717, 1.165) is 32.1 Å². The molecular weight excluding hydrogens is 352 g/mol. The third-order valence-corrected chi connectivity index (χ3v) is 9.89. The summed E-state index contributed by atoms with van der Waals surface area (Å²) in [6, 6.07) is 0. The largest absolute Gasteiger partial charge is 0.481 e. The number of Topliss-reactive ketones (excluding diaryl/α,β-unsaturated/α-hetero) is 2. The summed E-state index contributed by atoms with van der Waals surface area (Å²) < 4.78 is 0. The quantitative estimate of drug-likeness (QED) is 0.744. The number of ketones is 2. The zero-order valence-electron chi connectivity index (χ0n) is 17.7. The van der Waals surface area contributed by atoms with Crippen molar-refractivity contribution in [1.82, 2.24) is 0 Å². The first-order chi connectivity index (χ1) is 13.2. The van der Waals surface area contributed by atoms with Crippen LogP contribution in [0.1, 0.15) is 85.0 Å². The Labute approximate surface area is 168 Å². The highest BCUT2D eigenvalue weighted by Crippen LogP contribution is 2.66. The molecule has 0 spiro atoms. The van der Waals surface area contributed by atoms with Crippen molar-refractivity contribution < 1.29 is 19.5 Å². The summed E-state index contributed by atoms with van der Waals surface area (Å²) in [6.45, 7) is 6.51. The average Bonchev–Trinajstić information content (AvgIpc) is 3.01. The summed E-state index contributed by atoms with van der Waals surface area (Å²) in [6.07, 6.45) is 8.69. The lowest BCUT2D eigenvalue weighted by Gasteiger charge is -2.59. The van der Waals surface area contributed by atoms with E-state index in [9.17, 15) is 14.4 Å². The number of carbonyl (C=O) groups excluding carboxylic acids is 2. The highest BCUT2D eigenvalue weighted by atomic mass is 16.4. The van der Waals surface area contributed by atoms with Crippen molar-refractivity contribution in [2.45, 2.75) is 85.0 Å². The lowest BCUT2D eigenvalue weighted by molar-refractivity contribution is -0.164. The van der Waals surface area contributed by atoms with E-state index < -0.39 is 5.97 Å². The molecule has 0 amide bonds. The molecule has 0 saturated heterocycles. The molecule has 28 heavy (non-hydrogen) atoms. The maximum Gasteiger partial charge on any atom is 0.303 e. The molecule has 8 atom stereocenters. The highest BCUT2D eigenvalue weighted by Gasteiger charge is 2.65. The number of fused-ring (bicyclic) bond motifs is 5. The van der Waals surface area contributed by atoms with Gasteiger partial charge in [0.15, 0.2) is 0 Å². The van der Waals surface area contributed by atoms with Crippen LogP contribution >= 0.6 is 0 Å². The van der Waals surface area contributed by atoms with E-state index in [2.05, 4.69) is 20.8 Å². The van der Waals surface area contributed by atoms with Crippen LogP contribution in [-0.4, -0.2) is 22.6 Å². The van der Waals surface area contributed by atoms with Gasteiger partial charge in [-0.2, -0.15) is 0 Å². The summed E-state index contributed by atoms with van der Waals surface area (Å²) in [5.41, 5.74) is -0.606. The van der Waals surface area contributed by atoms with Crippen LogP contribution in [0.15, 0.2) is 0 Å². The third-order valence-electron chi connectivity index (χ3n) is 9.89. The Morgan fingerprint density at radius 3 is 2.50 bits per heavy atom. The molecule has 4 nitrogen and oxygen atoms in total. The fourth-order valence-corrected chi connectivity index (χ4v) is 8.30. The second kappa shape index (κ2) is 6.95. The number of aliphatic carboxylic acids is 1. The van der Waals surface area contributed by atoms with Crippen LogP contribution < -0.4 is 0 Å². The minimum Gasteiger partial charge on any atom is -0.481 e. The summed E-state index contributed by atoms with van der Waals surface area (Å²) >= 11 is 0. The predicted octanol–water partition coefficient (Wildman–Crippen LogP) is 4.89. The van der Waals surface area contributed by atoms with Gasteiger partial charge in [-0.3, -0.25) is 14.4 Å². The van der Waals surface area contributed by atoms with Gasteiger partial charge in [0.05, 0.1) is 0 Å². The molecule has 0 bridgehead atoms. The SMILES string of the molecule is C[C@H](CCC(=O)O)[C@H]1CC[C@H]2[C@@H]3CCC4CCCC(=O)[C@]4(C)[C@H]3CC(=O)[C@]12C. The first-order valence-corrected chi connectivity index (χ1v) is 11.5. The van der Waals surface area contributed by atoms with Crippen molar-refractivity contribution in [1.29, 1.82) is 0 Å². The molecule has 1 N–H and O–H groups in total. The molecule has 1 unspecified atom stereocenters.